The minimum atomic E-state index is -0.950. The quantitative estimate of drug-likeness (QED) is 0.886. The van der Waals surface area contributed by atoms with E-state index in [1.165, 1.54) is 32.1 Å². The van der Waals surface area contributed by atoms with Crippen molar-refractivity contribution in [3.8, 4) is 0 Å². The van der Waals surface area contributed by atoms with Crippen molar-refractivity contribution in [2.45, 2.75) is 45.1 Å². The third-order valence-electron chi connectivity index (χ3n) is 5.53. The summed E-state index contributed by atoms with van der Waals surface area (Å²) in [6.45, 7) is 1.88. The molecule has 0 saturated heterocycles. The summed E-state index contributed by atoms with van der Waals surface area (Å²) < 4.78 is 1.93. The highest BCUT2D eigenvalue weighted by Gasteiger charge is 2.50. The number of aromatic nitrogens is 3. The molecular formula is C14H19N3O2. The summed E-state index contributed by atoms with van der Waals surface area (Å²) in [5.41, 5.74) is 0. The van der Waals surface area contributed by atoms with Crippen molar-refractivity contribution in [3.05, 3.63) is 11.6 Å². The lowest BCUT2D eigenvalue weighted by Gasteiger charge is -2.54. The lowest BCUT2D eigenvalue weighted by Crippen LogP contribution is -2.46. The fourth-order valence-electron chi connectivity index (χ4n) is 5.19. The van der Waals surface area contributed by atoms with Gasteiger partial charge in [0.05, 0.1) is 0 Å². The molecule has 1 N–H and O–H groups in total. The van der Waals surface area contributed by atoms with Gasteiger partial charge in [-0.1, -0.05) is 0 Å². The van der Waals surface area contributed by atoms with Crippen LogP contribution in [0.25, 0.3) is 0 Å². The molecule has 1 aromatic rings. The van der Waals surface area contributed by atoms with Gasteiger partial charge in [0, 0.05) is 6.04 Å². The Bertz CT molecular complexity index is 509. The Kier molecular flexibility index (Phi) is 2.29. The average Bonchev–Trinajstić information content (AvgIpc) is 2.70. The van der Waals surface area contributed by atoms with Crippen LogP contribution in [0, 0.1) is 30.6 Å². The summed E-state index contributed by atoms with van der Waals surface area (Å²) in [4.78, 5) is 11.3. The predicted molar refractivity (Wildman–Crippen MR) is 67.8 cm³/mol. The van der Waals surface area contributed by atoms with Gasteiger partial charge in [0.1, 0.15) is 5.82 Å². The summed E-state index contributed by atoms with van der Waals surface area (Å²) in [7, 11) is 0. The number of carboxylic acid groups (broad SMARTS) is 1. The molecule has 4 bridgehead atoms. The molecule has 0 atom stereocenters. The van der Waals surface area contributed by atoms with E-state index in [4.69, 9.17) is 0 Å². The van der Waals surface area contributed by atoms with E-state index in [-0.39, 0.29) is 5.82 Å². The molecular weight excluding hydrogens is 242 g/mol. The van der Waals surface area contributed by atoms with Gasteiger partial charge in [0.2, 0.25) is 5.82 Å². The number of nitrogens with zero attached hydrogens (tertiary/aromatic N) is 3. The Balaban J connectivity index is 1.77. The van der Waals surface area contributed by atoms with Gasteiger partial charge in [-0.3, -0.25) is 0 Å². The smallest absolute Gasteiger partial charge is 0.374 e. The number of rotatable bonds is 2. The summed E-state index contributed by atoms with van der Waals surface area (Å²) >= 11 is 0. The predicted octanol–water partition coefficient (Wildman–Crippen LogP) is 2.28. The maximum atomic E-state index is 11.3. The van der Waals surface area contributed by atoms with Crippen LogP contribution < -0.4 is 0 Å². The van der Waals surface area contributed by atoms with Gasteiger partial charge in [0.15, 0.2) is 0 Å². The fourth-order valence-corrected chi connectivity index (χ4v) is 5.19. The maximum absolute atomic E-state index is 11.3. The van der Waals surface area contributed by atoms with E-state index in [0.29, 0.717) is 17.9 Å². The molecule has 5 heteroatoms. The molecule has 5 rings (SSSR count). The van der Waals surface area contributed by atoms with Gasteiger partial charge in [-0.05, 0) is 62.7 Å². The highest BCUT2D eigenvalue weighted by atomic mass is 16.4. The minimum Gasteiger partial charge on any atom is -0.475 e. The Labute approximate surface area is 112 Å². The van der Waals surface area contributed by atoms with Crippen molar-refractivity contribution < 1.29 is 9.90 Å². The zero-order chi connectivity index (χ0) is 13.1. The third-order valence-corrected chi connectivity index (χ3v) is 5.53. The van der Waals surface area contributed by atoms with Gasteiger partial charge in [-0.15, -0.1) is 10.2 Å². The van der Waals surface area contributed by atoms with Crippen molar-refractivity contribution in [1.82, 2.24) is 14.8 Å². The van der Waals surface area contributed by atoms with Gasteiger partial charge >= 0.3 is 5.97 Å². The van der Waals surface area contributed by atoms with E-state index in [1.807, 2.05) is 11.5 Å². The summed E-state index contributed by atoms with van der Waals surface area (Å²) in [5, 5.41) is 17.2. The minimum absolute atomic E-state index is 0.134. The fraction of sp³-hybridized carbons (Fsp3) is 0.786. The van der Waals surface area contributed by atoms with E-state index in [2.05, 4.69) is 10.2 Å². The second-order valence-corrected chi connectivity index (χ2v) is 6.67. The van der Waals surface area contributed by atoms with Crippen LogP contribution in [0.15, 0.2) is 0 Å². The maximum Gasteiger partial charge on any atom is 0.374 e. The molecule has 0 aliphatic heterocycles. The number of hydrogen-bond donors (Lipinski definition) is 1. The highest BCUT2D eigenvalue weighted by Crippen LogP contribution is 2.58. The first-order valence-corrected chi connectivity index (χ1v) is 7.28. The first-order chi connectivity index (χ1) is 9.13. The van der Waals surface area contributed by atoms with Crippen LogP contribution in [0.5, 0.6) is 0 Å². The Morgan fingerprint density at radius 2 is 1.68 bits per heavy atom. The van der Waals surface area contributed by atoms with E-state index in [9.17, 15) is 9.90 Å². The number of carboxylic acids is 1. The molecule has 0 aromatic carbocycles. The molecule has 4 saturated carbocycles. The number of aromatic carboxylic acids is 1. The van der Waals surface area contributed by atoms with Crippen LogP contribution in [-0.2, 0) is 0 Å². The molecule has 0 amide bonds. The number of hydrogen-bond acceptors (Lipinski definition) is 3. The van der Waals surface area contributed by atoms with Crippen LogP contribution in [0.1, 0.15) is 54.6 Å². The van der Waals surface area contributed by atoms with Crippen molar-refractivity contribution in [2.24, 2.45) is 23.7 Å². The van der Waals surface area contributed by atoms with Crippen LogP contribution in [0.4, 0.5) is 0 Å². The molecule has 5 nitrogen and oxygen atoms in total. The van der Waals surface area contributed by atoms with Crippen LogP contribution >= 0.6 is 0 Å². The van der Waals surface area contributed by atoms with E-state index in [1.54, 1.807) is 0 Å². The summed E-state index contributed by atoms with van der Waals surface area (Å²) in [6.07, 6.45) is 6.50. The largest absolute Gasteiger partial charge is 0.475 e. The van der Waals surface area contributed by atoms with Crippen molar-refractivity contribution in [2.75, 3.05) is 0 Å². The SMILES string of the molecule is Cc1nnc(C(=O)O)n1C1C2CC3CC(C2)CC1C3. The van der Waals surface area contributed by atoms with Crippen LogP contribution in [-0.4, -0.2) is 25.8 Å². The molecule has 4 aliphatic carbocycles. The normalized spacial score (nSPS) is 39.7. The van der Waals surface area contributed by atoms with Crippen LogP contribution in [0.3, 0.4) is 0 Å². The second kappa shape index (κ2) is 3.81. The standard InChI is InChI=1S/C14H19N3O2/c1-7-15-16-13(14(18)19)17(7)12-10-3-8-2-9(5-10)6-11(12)4-8/h8-12H,2-6H2,1H3,(H,18,19). The summed E-state index contributed by atoms with van der Waals surface area (Å²) in [5.74, 6) is 3.01. The van der Waals surface area contributed by atoms with E-state index in [0.717, 1.165) is 17.7 Å². The van der Waals surface area contributed by atoms with Crippen molar-refractivity contribution in [1.29, 1.82) is 0 Å². The molecule has 4 aliphatic rings. The zero-order valence-corrected chi connectivity index (χ0v) is 11.1. The number of carbonyl (C=O) groups is 1. The molecule has 19 heavy (non-hydrogen) atoms. The Morgan fingerprint density at radius 3 is 2.21 bits per heavy atom. The lowest BCUT2D eigenvalue weighted by atomic mass is 9.54. The lowest BCUT2D eigenvalue weighted by molar-refractivity contribution is -0.0310. The molecule has 1 heterocycles. The van der Waals surface area contributed by atoms with Gasteiger partial charge in [-0.2, -0.15) is 0 Å². The molecule has 102 valence electrons. The van der Waals surface area contributed by atoms with E-state index < -0.39 is 5.97 Å². The summed E-state index contributed by atoms with van der Waals surface area (Å²) in [6, 6.07) is 0.328. The van der Waals surface area contributed by atoms with E-state index >= 15 is 0 Å². The van der Waals surface area contributed by atoms with Crippen molar-refractivity contribution in [3.63, 3.8) is 0 Å². The first-order valence-electron chi connectivity index (χ1n) is 7.28. The topological polar surface area (TPSA) is 68.0 Å². The molecule has 0 spiro atoms. The molecule has 4 fully saturated rings. The molecule has 1 aromatic heterocycles. The van der Waals surface area contributed by atoms with Gasteiger partial charge < -0.3 is 9.67 Å². The van der Waals surface area contributed by atoms with Gasteiger partial charge in [0.25, 0.3) is 0 Å². The zero-order valence-electron chi connectivity index (χ0n) is 11.1. The highest BCUT2D eigenvalue weighted by molar-refractivity contribution is 5.83. The van der Waals surface area contributed by atoms with Crippen LogP contribution in [0.2, 0.25) is 0 Å². The number of aryl methyl sites for hydroxylation is 1. The first kappa shape index (κ1) is 11.4. The molecule has 0 unspecified atom stereocenters. The van der Waals surface area contributed by atoms with Gasteiger partial charge in [-0.25, -0.2) is 4.79 Å². The Morgan fingerprint density at radius 1 is 1.11 bits per heavy atom. The average molecular weight is 261 g/mol. The second-order valence-electron chi connectivity index (χ2n) is 6.67. The Hall–Kier alpha value is -1.39. The third kappa shape index (κ3) is 1.56. The molecule has 0 radical (unpaired) electrons. The van der Waals surface area contributed by atoms with Crippen molar-refractivity contribution >= 4 is 5.97 Å². The monoisotopic (exact) mass is 261 g/mol.